The Labute approximate surface area is 186 Å². The van der Waals surface area contributed by atoms with Gasteiger partial charge in [-0.1, -0.05) is 43.3 Å². The first-order chi connectivity index (χ1) is 15.5. The zero-order valence-electron chi connectivity index (χ0n) is 18.2. The second-order valence-electron chi connectivity index (χ2n) is 7.49. The van der Waals surface area contributed by atoms with Crippen molar-refractivity contribution in [2.45, 2.75) is 26.9 Å². The van der Waals surface area contributed by atoms with E-state index in [2.05, 4.69) is 23.4 Å². The van der Waals surface area contributed by atoms with Gasteiger partial charge >= 0.3 is 5.69 Å². The van der Waals surface area contributed by atoms with Crippen LogP contribution < -0.4 is 10.4 Å². The zero-order chi connectivity index (χ0) is 22.7. The van der Waals surface area contributed by atoms with Gasteiger partial charge in [0.15, 0.2) is 0 Å². The van der Waals surface area contributed by atoms with Crippen LogP contribution in [-0.4, -0.2) is 19.8 Å². The lowest BCUT2D eigenvalue weighted by atomic mass is 9.98. The molecule has 7 nitrogen and oxygen atoms in total. The molecule has 0 amide bonds. The molecule has 160 valence electrons. The van der Waals surface area contributed by atoms with Crippen molar-refractivity contribution in [2.24, 2.45) is 7.05 Å². The average molecular weight is 425 g/mol. The molecule has 0 fully saturated rings. The van der Waals surface area contributed by atoms with Crippen molar-refractivity contribution < 1.29 is 4.74 Å². The van der Waals surface area contributed by atoms with Crippen LogP contribution in [0.4, 0.5) is 0 Å². The first-order valence-corrected chi connectivity index (χ1v) is 10.4. The van der Waals surface area contributed by atoms with Crippen LogP contribution in [0.25, 0.3) is 16.8 Å². The van der Waals surface area contributed by atoms with Crippen LogP contribution in [0, 0.1) is 18.3 Å². The first kappa shape index (κ1) is 21.1. The second-order valence-corrected chi connectivity index (χ2v) is 7.49. The Morgan fingerprint density at radius 3 is 2.56 bits per heavy atom. The summed E-state index contributed by atoms with van der Waals surface area (Å²) >= 11 is 0. The summed E-state index contributed by atoms with van der Waals surface area (Å²) in [5, 5.41) is 17.2. The summed E-state index contributed by atoms with van der Waals surface area (Å²) in [6.45, 7) is 4.33. The number of aryl methyl sites for hydroxylation is 3. The number of aromatic nitrogens is 4. The van der Waals surface area contributed by atoms with Crippen molar-refractivity contribution in [2.75, 3.05) is 0 Å². The number of ether oxygens (including phenoxy) is 1. The predicted molar refractivity (Wildman–Crippen MR) is 122 cm³/mol. The van der Waals surface area contributed by atoms with Crippen LogP contribution in [0.2, 0.25) is 0 Å². The van der Waals surface area contributed by atoms with Gasteiger partial charge < -0.3 is 4.74 Å². The van der Waals surface area contributed by atoms with Gasteiger partial charge in [-0.3, -0.25) is 0 Å². The lowest BCUT2D eigenvalue weighted by Gasteiger charge is -2.16. The summed E-state index contributed by atoms with van der Waals surface area (Å²) < 4.78 is 8.68. The fourth-order valence-corrected chi connectivity index (χ4v) is 3.74. The molecule has 3 aromatic carbocycles. The summed E-state index contributed by atoms with van der Waals surface area (Å²) in [5.74, 6) is 0.742. The molecule has 1 aromatic heterocycles. The van der Waals surface area contributed by atoms with Crippen molar-refractivity contribution in [1.29, 1.82) is 5.26 Å². The molecular weight excluding hydrogens is 402 g/mol. The minimum absolute atomic E-state index is 0.289. The van der Waals surface area contributed by atoms with E-state index in [1.54, 1.807) is 7.05 Å². The molecule has 0 atom stereocenters. The van der Waals surface area contributed by atoms with Crippen LogP contribution in [0.5, 0.6) is 5.75 Å². The zero-order valence-corrected chi connectivity index (χ0v) is 18.2. The number of nitrogens with zero attached hydrogens (tertiary/aromatic N) is 5. The summed E-state index contributed by atoms with van der Waals surface area (Å²) in [6, 6.07) is 21.5. The average Bonchev–Trinajstić information content (AvgIpc) is 3.15. The van der Waals surface area contributed by atoms with E-state index >= 15 is 0 Å². The van der Waals surface area contributed by atoms with E-state index in [9.17, 15) is 10.1 Å². The van der Waals surface area contributed by atoms with Gasteiger partial charge in [0.2, 0.25) is 0 Å². The van der Waals surface area contributed by atoms with Crippen molar-refractivity contribution in [3.05, 3.63) is 93.4 Å². The van der Waals surface area contributed by atoms with E-state index in [0.717, 1.165) is 40.0 Å². The SMILES string of the molecule is CCc1cccc(-n2nnn(C)c2=O)c1COc1ccc(-c2ccccc2C#N)cc1C. The van der Waals surface area contributed by atoms with Crippen molar-refractivity contribution in [3.63, 3.8) is 0 Å². The Bertz CT molecular complexity index is 1380. The van der Waals surface area contributed by atoms with E-state index in [4.69, 9.17) is 4.74 Å². The second kappa shape index (κ2) is 8.90. The maximum absolute atomic E-state index is 12.4. The molecule has 0 saturated carbocycles. The van der Waals surface area contributed by atoms with Crippen LogP contribution in [-0.2, 0) is 20.1 Å². The maximum atomic E-state index is 12.4. The van der Waals surface area contributed by atoms with Gasteiger partial charge in [-0.25, -0.2) is 4.79 Å². The number of nitriles is 1. The lowest BCUT2D eigenvalue weighted by molar-refractivity contribution is 0.302. The number of rotatable bonds is 6. The number of benzene rings is 3. The quantitative estimate of drug-likeness (QED) is 0.467. The standard InChI is InChI=1S/C25H23N5O2/c1-4-18-9-7-11-23(30-25(31)29(3)27-28-30)22(18)16-32-24-13-12-19(14-17(24)2)21-10-6-5-8-20(21)15-26/h5-14H,4,16H2,1-3H3. The molecule has 7 heteroatoms. The number of tetrazole rings is 1. The highest BCUT2D eigenvalue weighted by Gasteiger charge is 2.15. The van der Waals surface area contributed by atoms with E-state index in [1.165, 1.54) is 9.36 Å². The Hall–Kier alpha value is -4.18. The molecule has 0 bridgehead atoms. The third kappa shape index (κ3) is 3.91. The van der Waals surface area contributed by atoms with Crippen LogP contribution >= 0.6 is 0 Å². The summed E-state index contributed by atoms with van der Waals surface area (Å²) in [6.07, 6.45) is 0.796. The fourth-order valence-electron chi connectivity index (χ4n) is 3.74. The Morgan fingerprint density at radius 1 is 1.06 bits per heavy atom. The topological polar surface area (TPSA) is 85.7 Å². The van der Waals surface area contributed by atoms with Crippen molar-refractivity contribution in [1.82, 2.24) is 19.8 Å². The van der Waals surface area contributed by atoms with E-state index in [0.29, 0.717) is 11.3 Å². The van der Waals surface area contributed by atoms with Crippen LogP contribution in [0.1, 0.15) is 29.2 Å². The van der Waals surface area contributed by atoms with E-state index < -0.39 is 0 Å². The predicted octanol–water partition coefficient (Wildman–Crippen LogP) is 3.95. The molecule has 0 aliphatic carbocycles. The molecule has 4 aromatic rings. The van der Waals surface area contributed by atoms with Crippen LogP contribution in [0.15, 0.2) is 65.5 Å². The fraction of sp³-hybridized carbons (Fsp3) is 0.200. The molecule has 0 radical (unpaired) electrons. The monoisotopic (exact) mass is 425 g/mol. The van der Waals surface area contributed by atoms with Crippen LogP contribution in [0.3, 0.4) is 0 Å². The highest BCUT2D eigenvalue weighted by Crippen LogP contribution is 2.29. The first-order valence-electron chi connectivity index (χ1n) is 10.4. The smallest absolute Gasteiger partial charge is 0.368 e. The van der Waals surface area contributed by atoms with E-state index in [-0.39, 0.29) is 12.3 Å². The molecule has 1 heterocycles. The Kier molecular flexibility index (Phi) is 5.86. The summed E-state index contributed by atoms with van der Waals surface area (Å²) in [7, 11) is 1.57. The third-order valence-corrected chi connectivity index (χ3v) is 5.48. The minimum atomic E-state index is -0.309. The molecule has 0 N–H and O–H groups in total. The van der Waals surface area contributed by atoms with Crippen molar-refractivity contribution >= 4 is 0 Å². The Balaban J connectivity index is 1.65. The van der Waals surface area contributed by atoms with Gasteiger partial charge in [0, 0.05) is 12.6 Å². The van der Waals surface area contributed by atoms with Gasteiger partial charge in [0.1, 0.15) is 12.4 Å². The number of hydrogen-bond acceptors (Lipinski definition) is 5. The van der Waals surface area contributed by atoms with Gasteiger partial charge in [-0.2, -0.15) is 14.6 Å². The molecule has 0 aliphatic heterocycles. The van der Waals surface area contributed by atoms with Gasteiger partial charge in [0.25, 0.3) is 0 Å². The van der Waals surface area contributed by atoms with E-state index in [1.807, 2.05) is 67.6 Å². The third-order valence-electron chi connectivity index (χ3n) is 5.48. The highest BCUT2D eigenvalue weighted by atomic mass is 16.5. The number of hydrogen-bond donors (Lipinski definition) is 0. The molecule has 0 aliphatic rings. The minimum Gasteiger partial charge on any atom is -0.489 e. The highest BCUT2D eigenvalue weighted by molar-refractivity contribution is 5.71. The summed E-state index contributed by atoms with van der Waals surface area (Å²) in [5.41, 5.74) is 5.79. The molecule has 4 rings (SSSR count). The lowest BCUT2D eigenvalue weighted by Crippen LogP contribution is -2.23. The largest absolute Gasteiger partial charge is 0.489 e. The normalized spacial score (nSPS) is 10.7. The summed E-state index contributed by atoms with van der Waals surface area (Å²) in [4.78, 5) is 12.4. The van der Waals surface area contributed by atoms with Gasteiger partial charge in [0.05, 0.1) is 17.3 Å². The maximum Gasteiger partial charge on any atom is 0.368 e. The molecular formula is C25H23N5O2. The Morgan fingerprint density at radius 2 is 1.88 bits per heavy atom. The van der Waals surface area contributed by atoms with Crippen molar-refractivity contribution in [3.8, 4) is 28.6 Å². The molecule has 0 saturated heterocycles. The molecule has 0 spiro atoms. The van der Waals surface area contributed by atoms with Gasteiger partial charge in [-0.15, -0.1) is 0 Å². The molecule has 32 heavy (non-hydrogen) atoms. The van der Waals surface area contributed by atoms with Gasteiger partial charge in [-0.05, 0) is 70.3 Å². The molecule has 0 unspecified atom stereocenters.